The fraction of sp³-hybridized carbons (Fsp3) is 0.370. The van der Waals surface area contributed by atoms with Gasteiger partial charge in [-0.05, 0) is 64.5 Å². The number of carbonyl (C=O) groups is 1. The first-order valence-corrected chi connectivity index (χ1v) is 11.7. The first kappa shape index (κ1) is 25.0. The summed E-state index contributed by atoms with van der Waals surface area (Å²) in [5.74, 6) is 0. The van der Waals surface area contributed by atoms with Gasteiger partial charge >= 0.3 is 11.7 Å². The number of alkyl carbamates (subject to hydrolysis) is 1. The molecule has 0 atom stereocenters. The van der Waals surface area contributed by atoms with E-state index < -0.39 is 11.7 Å². The third kappa shape index (κ3) is 6.94. The molecule has 0 fully saturated rings. The zero-order valence-electron chi connectivity index (χ0n) is 20.6. The molecule has 3 rings (SSSR count). The van der Waals surface area contributed by atoms with Crippen molar-refractivity contribution in [3.63, 3.8) is 0 Å². The zero-order valence-corrected chi connectivity index (χ0v) is 20.6. The Morgan fingerprint density at radius 1 is 1.09 bits per heavy atom. The minimum atomic E-state index is -0.512. The highest BCUT2D eigenvalue weighted by Gasteiger charge is 2.16. The van der Waals surface area contributed by atoms with E-state index in [1.807, 2.05) is 74.1 Å². The average Bonchev–Trinajstić information content (AvgIpc) is 2.78. The highest BCUT2D eigenvalue weighted by molar-refractivity contribution is 5.83. The predicted molar refractivity (Wildman–Crippen MR) is 136 cm³/mol. The molecule has 3 aromatic rings. The first-order valence-electron chi connectivity index (χ1n) is 11.7. The van der Waals surface area contributed by atoms with Crippen LogP contribution in [0.15, 0.2) is 58.0 Å². The zero-order chi connectivity index (χ0) is 24.7. The smallest absolute Gasteiger partial charge is 0.407 e. The number of fused-ring (bicyclic) bond motifs is 1. The summed E-state index contributed by atoms with van der Waals surface area (Å²) in [6.07, 6.45) is 7.08. The van der Waals surface area contributed by atoms with E-state index in [1.165, 1.54) is 0 Å². The average molecular weight is 465 g/mol. The van der Waals surface area contributed by atoms with Crippen molar-refractivity contribution < 1.29 is 18.5 Å². The number of nitrogens with zero attached hydrogens (tertiary/aromatic N) is 2. The number of amides is 1. The van der Waals surface area contributed by atoms with Crippen LogP contribution in [0.3, 0.4) is 0 Å². The van der Waals surface area contributed by atoms with Crippen LogP contribution >= 0.6 is 0 Å². The number of rotatable bonds is 8. The van der Waals surface area contributed by atoms with Crippen molar-refractivity contribution in [2.45, 2.75) is 46.8 Å². The van der Waals surface area contributed by atoms with Crippen molar-refractivity contribution in [2.24, 2.45) is 0 Å². The normalized spacial score (nSPS) is 11.7. The number of nitrogens with one attached hydrogen (secondary N) is 1. The second-order valence-corrected chi connectivity index (χ2v) is 9.01. The maximum absolute atomic E-state index is 12.5. The van der Waals surface area contributed by atoms with Crippen molar-refractivity contribution in [2.75, 3.05) is 24.5 Å². The lowest BCUT2D eigenvalue weighted by atomic mass is 10.1. The van der Waals surface area contributed by atoms with Gasteiger partial charge in [-0.3, -0.25) is 0 Å². The molecule has 0 unspecified atom stereocenters. The van der Waals surface area contributed by atoms with Crippen LogP contribution < -0.4 is 20.4 Å². The number of hydrogen-bond acceptors (Lipinski definition) is 5. The van der Waals surface area contributed by atoms with E-state index in [0.717, 1.165) is 29.7 Å². The standard InChI is InChI=1S/C27H33N3O4/c1-6-30(7-2)23-11-10-21-18-22(25(31)33-24(21)19-23)9-8-20-12-15-29(16-13-20)17-14-28-26(32)34-27(3,4)5/h8-13,15-16,18-19H,6-7,14,17H2,1-5H3/p+1. The van der Waals surface area contributed by atoms with Crippen molar-refractivity contribution in [3.05, 3.63) is 70.3 Å². The summed E-state index contributed by atoms with van der Waals surface area (Å²) in [5.41, 5.74) is 2.21. The lowest BCUT2D eigenvalue weighted by Gasteiger charge is -2.20. The number of ether oxygens (including phenoxy) is 1. The van der Waals surface area contributed by atoms with Crippen molar-refractivity contribution in [1.29, 1.82) is 0 Å². The van der Waals surface area contributed by atoms with Crippen molar-refractivity contribution in [1.82, 2.24) is 5.32 Å². The minimum Gasteiger partial charge on any atom is -0.444 e. The fourth-order valence-corrected chi connectivity index (χ4v) is 3.53. The monoisotopic (exact) mass is 464 g/mol. The van der Waals surface area contributed by atoms with Crippen LogP contribution in [-0.2, 0) is 11.3 Å². The van der Waals surface area contributed by atoms with Gasteiger partial charge in [0.05, 0.1) is 12.1 Å². The number of aromatic nitrogens is 1. The van der Waals surface area contributed by atoms with E-state index in [2.05, 4.69) is 30.1 Å². The Balaban J connectivity index is 1.64. The summed E-state index contributed by atoms with van der Waals surface area (Å²) in [7, 11) is 0. The van der Waals surface area contributed by atoms with Crippen molar-refractivity contribution in [3.8, 4) is 0 Å². The first-order chi connectivity index (χ1) is 16.2. The third-order valence-electron chi connectivity index (χ3n) is 5.29. The molecule has 0 bridgehead atoms. The van der Waals surface area contributed by atoms with E-state index in [0.29, 0.717) is 24.2 Å². The highest BCUT2D eigenvalue weighted by Crippen LogP contribution is 2.22. The topological polar surface area (TPSA) is 75.7 Å². The van der Waals surface area contributed by atoms with E-state index in [1.54, 1.807) is 6.08 Å². The highest BCUT2D eigenvalue weighted by atomic mass is 16.6. The Hall–Kier alpha value is -3.61. The van der Waals surface area contributed by atoms with Gasteiger partial charge in [-0.2, -0.15) is 0 Å². The van der Waals surface area contributed by atoms with Gasteiger partial charge in [-0.1, -0.05) is 6.08 Å². The molecule has 7 heteroatoms. The lowest BCUT2D eigenvalue weighted by Crippen LogP contribution is -2.41. The Kier molecular flexibility index (Phi) is 8.10. The second-order valence-electron chi connectivity index (χ2n) is 9.01. The molecule has 1 amide bonds. The quantitative estimate of drug-likeness (QED) is 0.389. The van der Waals surface area contributed by atoms with Gasteiger partial charge in [0.1, 0.15) is 11.2 Å². The lowest BCUT2D eigenvalue weighted by molar-refractivity contribution is -0.694. The fourth-order valence-electron chi connectivity index (χ4n) is 3.53. The summed E-state index contributed by atoms with van der Waals surface area (Å²) in [5, 5.41) is 3.63. The van der Waals surface area contributed by atoms with E-state index in [9.17, 15) is 9.59 Å². The number of hydrogen-bond donors (Lipinski definition) is 1. The summed E-state index contributed by atoms with van der Waals surface area (Å²) >= 11 is 0. The van der Waals surface area contributed by atoms with Crippen molar-refractivity contribution >= 4 is 34.9 Å². The summed E-state index contributed by atoms with van der Waals surface area (Å²) in [6, 6.07) is 11.7. The molecule has 0 saturated heterocycles. The molecule has 2 heterocycles. The maximum atomic E-state index is 12.5. The molecular formula is C27H34N3O4+. The van der Waals surface area contributed by atoms with Crippen LogP contribution in [-0.4, -0.2) is 31.3 Å². The largest absolute Gasteiger partial charge is 0.444 e. The van der Waals surface area contributed by atoms with E-state index >= 15 is 0 Å². The molecule has 0 spiro atoms. The number of benzene rings is 1. The van der Waals surface area contributed by atoms with Gasteiger partial charge in [-0.25, -0.2) is 14.2 Å². The van der Waals surface area contributed by atoms with Gasteiger partial charge in [0.25, 0.3) is 0 Å². The second kappa shape index (κ2) is 11.0. The molecule has 1 N–H and O–H groups in total. The minimum absolute atomic E-state index is 0.361. The SMILES string of the molecule is CCN(CC)c1ccc2cc(/C=C/c3cc[n+](CCNC(=O)OC(C)(C)C)cc3)c(=O)oc2c1. The van der Waals surface area contributed by atoms with Crippen LogP contribution in [0.25, 0.3) is 23.1 Å². The molecule has 0 aliphatic rings. The van der Waals surface area contributed by atoms with Crippen LogP contribution in [0.5, 0.6) is 0 Å². The summed E-state index contributed by atoms with van der Waals surface area (Å²) in [4.78, 5) is 26.4. The van der Waals surface area contributed by atoms with Gasteiger partial charge < -0.3 is 19.4 Å². The van der Waals surface area contributed by atoms with Crippen LogP contribution in [0, 0.1) is 0 Å². The third-order valence-corrected chi connectivity index (χ3v) is 5.29. The van der Waals surface area contributed by atoms with E-state index in [-0.39, 0.29) is 5.63 Å². The maximum Gasteiger partial charge on any atom is 0.407 e. The van der Waals surface area contributed by atoms with E-state index in [4.69, 9.17) is 9.15 Å². The molecule has 34 heavy (non-hydrogen) atoms. The van der Waals surface area contributed by atoms with Gasteiger partial charge in [-0.15, -0.1) is 0 Å². The van der Waals surface area contributed by atoms with Gasteiger partial charge in [0.2, 0.25) is 0 Å². The molecule has 180 valence electrons. The molecule has 0 aliphatic heterocycles. The number of pyridine rings is 1. The Labute approximate surface area is 200 Å². The molecule has 7 nitrogen and oxygen atoms in total. The summed E-state index contributed by atoms with van der Waals surface area (Å²) in [6.45, 7) is 12.6. The molecule has 0 saturated carbocycles. The molecule has 0 aliphatic carbocycles. The van der Waals surface area contributed by atoms with Gasteiger partial charge in [0, 0.05) is 42.4 Å². The van der Waals surface area contributed by atoms with Crippen LogP contribution in [0.1, 0.15) is 45.7 Å². The Bertz CT molecular complexity index is 1200. The molecular weight excluding hydrogens is 430 g/mol. The number of anilines is 1. The van der Waals surface area contributed by atoms with Crippen LogP contribution in [0.4, 0.5) is 10.5 Å². The van der Waals surface area contributed by atoms with Gasteiger partial charge in [0.15, 0.2) is 18.9 Å². The Morgan fingerprint density at radius 3 is 2.44 bits per heavy atom. The van der Waals surface area contributed by atoms with Crippen LogP contribution in [0.2, 0.25) is 0 Å². The summed E-state index contributed by atoms with van der Waals surface area (Å²) < 4.78 is 12.8. The molecule has 1 aromatic carbocycles. The molecule has 0 radical (unpaired) electrons. The Morgan fingerprint density at radius 2 is 1.79 bits per heavy atom. The predicted octanol–water partition coefficient (Wildman–Crippen LogP) is 4.62. The number of carbonyl (C=O) groups excluding carboxylic acids is 1. The molecule has 2 aromatic heterocycles.